The molecule has 2 N–H and O–H groups in total. The van der Waals surface area contributed by atoms with Crippen molar-refractivity contribution in [1.29, 1.82) is 0 Å². The molecule has 0 saturated heterocycles. The first kappa shape index (κ1) is 17.2. The first-order chi connectivity index (χ1) is 10.4. The summed E-state index contributed by atoms with van der Waals surface area (Å²) in [7, 11) is 0. The highest BCUT2D eigenvalue weighted by Gasteiger charge is 2.10. The smallest absolute Gasteiger partial charge is 0.257 e. The van der Waals surface area contributed by atoms with E-state index < -0.39 is 0 Å². The normalized spacial score (nSPS) is 10.2. The van der Waals surface area contributed by atoms with Gasteiger partial charge in [0.25, 0.3) is 5.91 Å². The van der Waals surface area contributed by atoms with Crippen molar-refractivity contribution in [2.24, 2.45) is 0 Å². The number of carbonyl (C=O) groups is 1. The summed E-state index contributed by atoms with van der Waals surface area (Å²) in [5.74, 6) is -0.309. The molecule has 0 spiro atoms. The van der Waals surface area contributed by atoms with Crippen LogP contribution in [-0.4, -0.2) is 11.0 Å². The summed E-state index contributed by atoms with van der Waals surface area (Å²) in [5.41, 5.74) is 2.08. The molecular weight excluding hydrogens is 407 g/mol. The van der Waals surface area contributed by atoms with Gasteiger partial charge in [-0.3, -0.25) is 10.1 Å². The Morgan fingerprint density at radius 2 is 1.91 bits per heavy atom. The van der Waals surface area contributed by atoms with Crippen LogP contribution in [0.25, 0.3) is 0 Å². The summed E-state index contributed by atoms with van der Waals surface area (Å²) in [6, 6.07) is 10.3. The second-order valence-electron chi connectivity index (χ2n) is 4.50. The van der Waals surface area contributed by atoms with E-state index >= 15 is 0 Å². The zero-order valence-electron chi connectivity index (χ0n) is 11.4. The van der Waals surface area contributed by atoms with Gasteiger partial charge in [0.2, 0.25) is 0 Å². The van der Waals surface area contributed by atoms with E-state index in [4.69, 9.17) is 35.4 Å². The Morgan fingerprint density at radius 1 is 1.18 bits per heavy atom. The molecule has 1 amide bonds. The molecule has 0 unspecified atom stereocenters. The quantitative estimate of drug-likeness (QED) is 0.660. The van der Waals surface area contributed by atoms with Crippen molar-refractivity contribution in [3.63, 3.8) is 0 Å². The molecule has 2 aromatic rings. The topological polar surface area (TPSA) is 41.1 Å². The number of aryl methyl sites for hydroxylation is 1. The Balaban J connectivity index is 2.06. The molecule has 0 aliphatic rings. The number of rotatable bonds is 2. The Hall–Kier alpha value is -1.14. The van der Waals surface area contributed by atoms with Crippen LogP contribution in [0.2, 0.25) is 10.0 Å². The Labute approximate surface area is 152 Å². The van der Waals surface area contributed by atoms with Crippen molar-refractivity contribution in [3.8, 4) is 0 Å². The number of anilines is 1. The van der Waals surface area contributed by atoms with Gasteiger partial charge < -0.3 is 5.32 Å². The molecule has 2 aromatic carbocycles. The molecule has 2 rings (SSSR count). The Bertz CT molecular complexity index is 752. The molecule has 0 aliphatic heterocycles. The van der Waals surface area contributed by atoms with E-state index in [1.54, 1.807) is 30.3 Å². The van der Waals surface area contributed by atoms with Gasteiger partial charge in [-0.1, -0.05) is 45.2 Å². The van der Waals surface area contributed by atoms with E-state index in [1.165, 1.54) is 0 Å². The molecule has 7 heteroatoms. The minimum absolute atomic E-state index is 0.144. The van der Waals surface area contributed by atoms with Crippen molar-refractivity contribution < 1.29 is 4.79 Å². The van der Waals surface area contributed by atoms with Gasteiger partial charge in [-0.2, -0.15) is 0 Å². The van der Waals surface area contributed by atoms with Crippen LogP contribution < -0.4 is 10.6 Å². The van der Waals surface area contributed by atoms with Gasteiger partial charge in [0, 0.05) is 15.1 Å². The van der Waals surface area contributed by atoms with E-state index in [9.17, 15) is 4.79 Å². The predicted molar refractivity (Wildman–Crippen MR) is 99.0 cm³/mol. The zero-order chi connectivity index (χ0) is 16.3. The number of nitrogens with one attached hydrogen (secondary N) is 2. The van der Waals surface area contributed by atoms with E-state index in [0.29, 0.717) is 21.3 Å². The standard InChI is InChI=1S/C15H11BrCl2N2OS/c1-8-2-3-9(6-11(8)16)14(21)20-15(22)19-13-7-10(17)4-5-12(13)18/h2-7H,1H3,(H2,19,20,21,22). The average molecular weight is 418 g/mol. The van der Waals surface area contributed by atoms with E-state index in [0.717, 1.165) is 10.0 Å². The lowest BCUT2D eigenvalue weighted by Crippen LogP contribution is -2.34. The van der Waals surface area contributed by atoms with Crippen LogP contribution in [0.1, 0.15) is 15.9 Å². The van der Waals surface area contributed by atoms with Gasteiger partial charge in [0.1, 0.15) is 0 Å². The Morgan fingerprint density at radius 3 is 2.59 bits per heavy atom. The second-order valence-corrected chi connectivity index (χ2v) is 6.60. The third kappa shape index (κ3) is 4.43. The summed E-state index contributed by atoms with van der Waals surface area (Å²) in [4.78, 5) is 12.1. The number of carbonyl (C=O) groups excluding carboxylic acids is 1. The van der Waals surface area contributed by atoms with Gasteiger partial charge in [-0.25, -0.2) is 0 Å². The highest BCUT2D eigenvalue weighted by atomic mass is 79.9. The minimum atomic E-state index is -0.309. The van der Waals surface area contributed by atoms with Crippen LogP contribution >= 0.6 is 51.3 Å². The summed E-state index contributed by atoms with van der Waals surface area (Å²) in [6.07, 6.45) is 0. The van der Waals surface area contributed by atoms with Gasteiger partial charge in [0.15, 0.2) is 5.11 Å². The SMILES string of the molecule is Cc1ccc(C(=O)NC(=S)Nc2cc(Cl)ccc2Cl)cc1Br. The number of hydrogen-bond acceptors (Lipinski definition) is 2. The maximum absolute atomic E-state index is 12.1. The summed E-state index contributed by atoms with van der Waals surface area (Å²) in [6.45, 7) is 1.94. The summed E-state index contributed by atoms with van der Waals surface area (Å²) >= 11 is 20.4. The molecule has 0 aliphatic carbocycles. The fourth-order valence-corrected chi connectivity index (χ4v) is 2.57. The third-order valence-electron chi connectivity index (χ3n) is 2.84. The largest absolute Gasteiger partial charge is 0.331 e. The minimum Gasteiger partial charge on any atom is -0.331 e. The molecule has 0 fully saturated rings. The van der Waals surface area contributed by atoms with Crippen molar-refractivity contribution >= 4 is 68.1 Å². The molecule has 0 bridgehead atoms. The van der Waals surface area contributed by atoms with Crippen LogP contribution in [0.5, 0.6) is 0 Å². The Kier molecular flexibility index (Phi) is 5.81. The molecule has 0 saturated carbocycles. The molecule has 114 valence electrons. The van der Waals surface area contributed by atoms with Gasteiger partial charge in [-0.15, -0.1) is 0 Å². The van der Waals surface area contributed by atoms with Crippen LogP contribution in [0.3, 0.4) is 0 Å². The van der Waals surface area contributed by atoms with Crippen molar-refractivity contribution in [1.82, 2.24) is 5.32 Å². The average Bonchev–Trinajstić information content (AvgIpc) is 2.45. The molecule has 3 nitrogen and oxygen atoms in total. The summed E-state index contributed by atoms with van der Waals surface area (Å²) in [5, 5.41) is 6.56. The number of halogens is 3. The molecule has 0 atom stereocenters. The lowest BCUT2D eigenvalue weighted by atomic mass is 10.1. The van der Waals surface area contributed by atoms with Crippen LogP contribution in [0, 0.1) is 6.92 Å². The lowest BCUT2D eigenvalue weighted by molar-refractivity contribution is 0.0977. The summed E-state index contributed by atoms with van der Waals surface area (Å²) < 4.78 is 0.858. The van der Waals surface area contributed by atoms with Crippen molar-refractivity contribution in [2.45, 2.75) is 6.92 Å². The number of hydrogen-bond donors (Lipinski definition) is 2. The molecular formula is C15H11BrCl2N2OS. The van der Waals surface area contributed by atoms with Crippen molar-refractivity contribution in [2.75, 3.05) is 5.32 Å². The maximum Gasteiger partial charge on any atom is 0.257 e. The van der Waals surface area contributed by atoms with E-state index in [-0.39, 0.29) is 11.0 Å². The molecule has 0 heterocycles. The zero-order valence-corrected chi connectivity index (χ0v) is 15.3. The van der Waals surface area contributed by atoms with Gasteiger partial charge >= 0.3 is 0 Å². The first-order valence-corrected chi connectivity index (χ1v) is 8.16. The van der Waals surface area contributed by atoms with Crippen LogP contribution in [0.4, 0.5) is 5.69 Å². The molecule has 0 aromatic heterocycles. The highest BCUT2D eigenvalue weighted by Crippen LogP contribution is 2.25. The van der Waals surface area contributed by atoms with E-state index in [2.05, 4.69) is 26.6 Å². The maximum atomic E-state index is 12.1. The van der Waals surface area contributed by atoms with Crippen LogP contribution in [-0.2, 0) is 0 Å². The van der Waals surface area contributed by atoms with Crippen molar-refractivity contribution in [3.05, 3.63) is 62.0 Å². The van der Waals surface area contributed by atoms with Gasteiger partial charge in [0.05, 0.1) is 10.7 Å². The first-order valence-electron chi connectivity index (χ1n) is 6.20. The second kappa shape index (κ2) is 7.42. The monoisotopic (exact) mass is 416 g/mol. The number of thiocarbonyl (C=S) groups is 1. The highest BCUT2D eigenvalue weighted by molar-refractivity contribution is 9.10. The third-order valence-corrected chi connectivity index (χ3v) is 4.46. The van der Waals surface area contributed by atoms with E-state index in [1.807, 2.05) is 13.0 Å². The molecule has 22 heavy (non-hydrogen) atoms. The fraction of sp³-hybridized carbons (Fsp3) is 0.0667. The molecule has 0 radical (unpaired) electrons. The predicted octanol–water partition coefficient (Wildman–Crippen LogP) is 5.19. The van der Waals surface area contributed by atoms with Gasteiger partial charge in [-0.05, 0) is 55.0 Å². The van der Waals surface area contributed by atoms with Crippen LogP contribution in [0.15, 0.2) is 40.9 Å². The number of benzene rings is 2. The lowest BCUT2D eigenvalue weighted by Gasteiger charge is -2.11. The number of amides is 1. The fourth-order valence-electron chi connectivity index (χ4n) is 1.66.